The molecular formula is C7H16O4. The van der Waals surface area contributed by atoms with Crippen LogP contribution in [0.5, 0.6) is 0 Å². The molecule has 0 rings (SSSR count). The third-order valence-corrected chi connectivity index (χ3v) is 1.47. The number of hydrogen-bond acceptors (Lipinski definition) is 4. The Balaban J connectivity index is 3.96. The predicted octanol–water partition coefficient (Wildman–Crippen LogP) is 0.268. The maximum atomic E-state index is 5.10. The van der Waals surface area contributed by atoms with E-state index >= 15 is 0 Å². The highest BCUT2D eigenvalue weighted by molar-refractivity contribution is 4.66. The number of methoxy groups -OCH3 is 4. The highest BCUT2D eigenvalue weighted by Crippen LogP contribution is 2.11. The van der Waals surface area contributed by atoms with Gasteiger partial charge in [-0.3, -0.25) is 0 Å². The van der Waals surface area contributed by atoms with Gasteiger partial charge >= 0.3 is 0 Å². The molecule has 0 heterocycles. The summed E-state index contributed by atoms with van der Waals surface area (Å²) in [5.74, 6) is -0.760. The fraction of sp³-hybridized carbons (Fsp3) is 1.00. The molecule has 0 spiro atoms. The van der Waals surface area contributed by atoms with Crippen LogP contribution in [-0.4, -0.2) is 47.4 Å². The molecule has 0 fully saturated rings. The van der Waals surface area contributed by atoms with Crippen molar-refractivity contribution in [2.24, 2.45) is 0 Å². The molecule has 0 amide bonds. The molecule has 0 aliphatic heterocycles. The van der Waals surface area contributed by atoms with Crippen molar-refractivity contribution >= 4 is 0 Å². The van der Waals surface area contributed by atoms with Crippen LogP contribution in [0.2, 0.25) is 0 Å². The summed E-state index contributed by atoms with van der Waals surface area (Å²) in [6.45, 7) is 0.710. The van der Waals surface area contributed by atoms with Crippen molar-refractivity contribution in [1.29, 1.82) is 0 Å². The summed E-state index contributed by atoms with van der Waals surface area (Å²) in [5, 5.41) is 0. The maximum absolute atomic E-state index is 5.10. The van der Waals surface area contributed by atoms with Crippen LogP contribution in [0.1, 0.15) is 0 Å². The molecule has 11 heavy (non-hydrogen) atoms. The Bertz CT molecular complexity index is 82.4. The zero-order valence-corrected chi connectivity index (χ0v) is 7.55. The van der Waals surface area contributed by atoms with Gasteiger partial charge in [0.05, 0.1) is 0 Å². The molecule has 0 saturated heterocycles. The zero-order valence-electron chi connectivity index (χ0n) is 7.55. The van der Waals surface area contributed by atoms with E-state index in [1.54, 1.807) is 28.4 Å². The molecule has 0 radical (unpaired) electrons. The first-order valence-corrected chi connectivity index (χ1v) is 3.33. The van der Waals surface area contributed by atoms with Crippen LogP contribution in [0.3, 0.4) is 0 Å². The van der Waals surface area contributed by atoms with Crippen molar-refractivity contribution in [2.75, 3.05) is 41.7 Å². The normalized spacial score (nSPS) is 12.0. The van der Waals surface area contributed by atoms with E-state index in [1.165, 1.54) is 0 Å². The van der Waals surface area contributed by atoms with Crippen molar-refractivity contribution in [2.45, 2.75) is 5.79 Å². The third-order valence-electron chi connectivity index (χ3n) is 1.47. The van der Waals surface area contributed by atoms with Crippen molar-refractivity contribution in [3.63, 3.8) is 0 Å². The lowest BCUT2D eigenvalue weighted by atomic mass is 10.3. The second-order valence-electron chi connectivity index (χ2n) is 2.18. The first-order valence-electron chi connectivity index (χ1n) is 3.33. The molecule has 4 nitrogen and oxygen atoms in total. The van der Waals surface area contributed by atoms with Crippen LogP contribution in [-0.2, 0) is 18.9 Å². The van der Waals surface area contributed by atoms with Crippen molar-refractivity contribution < 1.29 is 18.9 Å². The van der Waals surface area contributed by atoms with Crippen molar-refractivity contribution in [1.82, 2.24) is 0 Å². The van der Waals surface area contributed by atoms with E-state index in [0.29, 0.717) is 13.2 Å². The molecule has 0 saturated carbocycles. The number of ether oxygens (including phenoxy) is 4. The Labute approximate surface area is 67.4 Å². The summed E-state index contributed by atoms with van der Waals surface area (Å²) in [4.78, 5) is 0. The molecule has 0 atom stereocenters. The first-order chi connectivity index (χ1) is 5.24. The summed E-state index contributed by atoms with van der Waals surface area (Å²) in [5.41, 5.74) is 0. The van der Waals surface area contributed by atoms with Gasteiger partial charge < -0.3 is 18.9 Å². The van der Waals surface area contributed by atoms with E-state index < -0.39 is 5.79 Å². The topological polar surface area (TPSA) is 36.9 Å². The number of rotatable bonds is 6. The molecular weight excluding hydrogens is 148 g/mol. The lowest BCUT2D eigenvalue weighted by molar-refractivity contribution is -0.252. The van der Waals surface area contributed by atoms with Gasteiger partial charge in [-0.2, -0.15) is 0 Å². The Kier molecular flexibility index (Phi) is 5.41. The average Bonchev–Trinajstić information content (AvgIpc) is 2.04. The lowest BCUT2D eigenvalue weighted by Crippen LogP contribution is -2.43. The molecule has 0 aromatic carbocycles. The monoisotopic (exact) mass is 164 g/mol. The van der Waals surface area contributed by atoms with E-state index in [0.717, 1.165) is 0 Å². The molecule has 0 aromatic rings. The standard InChI is InChI=1S/C7H16O4/c1-8-5-7(10-3,11-4)6-9-2/h5-6H2,1-4H3. The second kappa shape index (κ2) is 5.49. The third kappa shape index (κ3) is 3.16. The van der Waals surface area contributed by atoms with E-state index in [1.807, 2.05) is 0 Å². The second-order valence-corrected chi connectivity index (χ2v) is 2.18. The highest BCUT2D eigenvalue weighted by Gasteiger charge is 2.29. The molecule has 0 aliphatic carbocycles. The SMILES string of the molecule is COCC(COC)(OC)OC. The van der Waals surface area contributed by atoms with Gasteiger partial charge in [-0.05, 0) is 0 Å². The first kappa shape index (κ1) is 10.8. The van der Waals surface area contributed by atoms with Crippen LogP contribution in [0.15, 0.2) is 0 Å². The van der Waals surface area contributed by atoms with Gasteiger partial charge in [0.2, 0.25) is 5.79 Å². The minimum absolute atomic E-state index is 0.355. The largest absolute Gasteiger partial charge is 0.379 e. The van der Waals surface area contributed by atoms with Crippen LogP contribution in [0.25, 0.3) is 0 Å². The van der Waals surface area contributed by atoms with Gasteiger partial charge in [-0.1, -0.05) is 0 Å². The van der Waals surface area contributed by atoms with Crippen LogP contribution in [0, 0.1) is 0 Å². The number of hydrogen-bond donors (Lipinski definition) is 0. The fourth-order valence-corrected chi connectivity index (χ4v) is 0.801. The summed E-state index contributed by atoms with van der Waals surface area (Å²) >= 11 is 0. The fourth-order valence-electron chi connectivity index (χ4n) is 0.801. The summed E-state index contributed by atoms with van der Waals surface area (Å²) in [6.07, 6.45) is 0. The maximum Gasteiger partial charge on any atom is 0.215 e. The Hall–Kier alpha value is -0.160. The average molecular weight is 164 g/mol. The molecule has 0 bridgehead atoms. The van der Waals surface area contributed by atoms with E-state index in [2.05, 4.69) is 0 Å². The molecule has 68 valence electrons. The molecule has 0 N–H and O–H groups in total. The minimum atomic E-state index is -0.760. The van der Waals surface area contributed by atoms with Crippen LogP contribution >= 0.6 is 0 Å². The van der Waals surface area contributed by atoms with Crippen LogP contribution < -0.4 is 0 Å². The van der Waals surface area contributed by atoms with Crippen molar-refractivity contribution in [3.8, 4) is 0 Å². The molecule has 0 unspecified atom stereocenters. The van der Waals surface area contributed by atoms with Gasteiger partial charge in [0.1, 0.15) is 13.2 Å². The lowest BCUT2D eigenvalue weighted by Gasteiger charge is -2.28. The van der Waals surface area contributed by atoms with Gasteiger partial charge in [-0.25, -0.2) is 0 Å². The summed E-state index contributed by atoms with van der Waals surface area (Å²) < 4.78 is 20.0. The summed E-state index contributed by atoms with van der Waals surface area (Å²) in [7, 11) is 6.29. The Morgan fingerprint density at radius 1 is 0.818 bits per heavy atom. The van der Waals surface area contributed by atoms with E-state index in [-0.39, 0.29) is 0 Å². The summed E-state index contributed by atoms with van der Waals surface area (Å²) in [6, 6.07) is 0. The zero-order chi connectivity index (χ0) is 8.74. The van der Waals surface area contributed by atoms with Crippen LogP contribution in [0.4, 0.5) is 0 Å². The van der Waals surface area contributed by atoms with E-state index in [9.17, 15) is 0 Å². The van der Waals surface area contributed by atoms with Gasteiger partial charge in [-0.15, -0.1) is 0 Å². The smallest absolute Gasteiger partial charge is 0.215 e. The van der Waals surface area contributed by atoms with Gasteiger partial charge in [0.15, 0.2) is 0 Å². The molecule has 4 heteroatoms. The molecule has 0 aromatic heterocycles. The Morgan fingerprint density at radius 3 is 1.36 bits per heavy atom. The van der Waals surface area contributed by atoms with Gasteiger partial charge in [0.25, 0.3) is 0 Å². The van der Waals surface area contributed by atoms with E-state index in [4.69, 9.17) is 18.9 Å². The minimum Gasteiger partial charge on any atom is -0.379 e. The van der Waals surface area contributed by atoms with Crippen molar-refractivity contribution in [3.05, 3.63) is 0 Å². The predicted molar refractivity (Wildman–Crippen MR) is 40.5 cm³/mol. The highest BCUT2D eigenvalue weighted by atomic mass is 16.7. The quantitative estimate of drug-likeness (QED) is 0.528. The Morgan fingerprint density at radius 2 is 1.18 bits per heavy atom. The molecule has 0 aliphatic rings. The van der Waals surface area contributed by atoms with Gasteiger partial charge in [0, 0.05) is 28.4 Å².